The van der Waals surface area contributed by atoms with E-state index in [9.17, 15) is 0 Å². The molecule has 3 N–H and O–H groups in total. The summed E-state index contributed by atoms with van der Waals surface area (Å²) in [5.41, 5.74) is 6.96. The molecule has 1 unspecified atom stereocenters. The lowest BCUT2D eigenvalue weighted by molar-refractivity contribution is 0.255. The van der Waals surface area contributed by atoms with E-state index in [1.807, 2.05) is 6.92 Å². The molecular weight excluding hydrogens is 395 g/mol. The van der Waals surface area contributed by atoms with Crippen molar-refractivity contribution in [3.8, 4) is 0 Å². The Hall–Kier alpha value is -0.600. The van der Waals surface area contributed by atoms with Crippen molar-refractivity contribution in [2.45, 2.75) is 25.8 Å². The van der Waals surface area contributed by atoms with Gasteiger partial charge >= 0.3 is 0 Å². The molecule has 1 aromatic rings. The third kappa shape index (κ3) is 5.96. The van der Waals surface area contributed by atoms with Gasteiger partial charge in [-0.05, 0) is 44.3 Å². The highest BCUT2D eigenvalue weighted by Gasteiger charge is 2.23. The summed E-state index contributed by atoms with van der Waals surface area (Å²) in [6, 6.07) is 4.67. The molecule has 0 amide bonds. The van der Waals surface area contributed by atoms with Crippen molar-refractivity contribution >= 4 is 41.3 Å². The molecule has 1 saturated heterocycles. The van der Waals surface area contributed by atoms with Crippen LogP contribution in [0.4, 0.5) is 0 Å². The molecule has 0 radical (unpaired) electrons. The first-order chi connectivity index (χ1) is 9.66. The van der Waals surface area contributed by atoms with E-state index in [0.29, 0.717) is 18.5 Å². The number of hydrogen-bond donors (Lipinski definition) is 2. The normalized spacial score (nSPS) is 17.3. The average molecular weight is 420 g/mol. The number of rotatable bonds is 6. The van der Waals surface area contributed by atoms with Crippen LogP contribution in [-0.4, -0.2) is 37.0 Å². The van der Waals surface area contributed by atoms with E-state index in [0.717, 1.165) is 25.2 Å². The van der Waals surface area contributed by atoms with Crippen LogP contribution in [0.15, 0.2) is 34.7 Å². The lowest BCUT2D eigenvalue weighted by atomic mass is 10.2. The smallest absolute Gasteiger partial charge is 0.188 e. The van der Waals surface area contributed by atoms with Crippen molar-refractivity contribution in [3.63, 3.8) is 0 Å². The van der Waals surface area contributed by atoms with Gasteiger partial charge in [0.1, 0.15) is 0 Å². The predicted molar refractivity (Wildman–Crippen MR) is 103 cm³/mol. The molecule has 2 rings (SSSR count). The van der Waals surface area contributed by atoms with Crippen LogP contribution in [0.25, 0.3) is 0 Å². The number of aliphatic imine (C=N–C) groups is 1. The first kappa shape index (κ1) is 18.4. The van der Waals surface area contributed by atoms with Gasteiger partial charge in [-0.3, -0.25) is 9.89 Å². The topological polar surface area (TPSA) is 53.6 Å². The van der Waals surface area contributed by atoms with E-state index in [-0.39, 0.29) is 24.0 Å². The van der Waals surface area contributed by atoms with Gasteiger partial charge in [0.05, 0.1) is 12.6 Å². The summed E-state index contributed by atoms with van der Waals surface area (Å²) in [6.45, 7) is 9.55. The van der Waals surface area contributed by atoms with Gasteiger partial charge in [0.15, 0.2) is 5.96 Å². The van der Waals surface area contributed by atoms with Crippen molar-refractivity contribution in [3.05, 3.63) is 34.5 Å². The molecule has 1 aliphatic heterocycles. The molecule has 1 aliphatic rings. The van der Waals surface area contributed by atoms with Gasteiger partial charge < -0.3 is 11.1 Å². The molecular formula is C15H25IN4S. The molecule has 1 fully saturated rings. The SMILES string of the molecule is C=C(C)CNC(N)=NCC(c1cccs1)N1CCCC1.I. The minimum Gasteiger partial charge on any atom is -0.370 e. The highest BCUT2D eigenvalue weighted by Crippen LogP contribution is 2.28. The highest BCUT2D eigenvalue weighted by molar-refractivity contribution is 14.0. The van der Waals surface area contributed by atoms with Crippen molar-refractivity contribution in [2.24, 2.45) is 10.7 Å². The van der Waals surface area contributed by atoms with E-state index >= 15 is 0 Å². The minimum absolute atomic E-state index is 0. The van der Waals surface area contributed by atoms with E-state index in [1.54, 1.807) is 11.3 Å². The van der Waals surface area contributed by atoms with Gasteiger partial charge in [-0.1, -0.05) is 18.2 Å². The van der Waals surface area contributed by atoms with Gasteiger partial charge in [-0.25, -0.2) is 0 Å². The minimum atomic E-state index is 0. The molecule has 0 saturated carbocycles. The summed E-state index contributed by atoms with van der Waals surface area (Å²) in [6.07, 6.45) is 2.57. The van der Waals surface area contributed by atoms with Crippen LogP contribution in [0, 0.1) is 0 Å². The number of guanidine groups is 1. The molecule has 118 valence electrons. The summed E-state index contributed by atoms with van der Waals surface area (Å²) in [5.74, 6) is 0.508. The maximum Gasteiger partial charge on any atom is 0.188 e. The highest BCUT2D eigenvalue weighted by atomic mass is 127. The van der Waals surface area contributed by atoms with Crippen LogP contribution < -0.4 is 11.1 Å². The zero-order chi connectivity index (χ0) is 14.4. The summed E-state index contributed by atoms with van der Waals surface area (Å²) in [7, 11) is 0. The van der Waals surface area contributed by atoms with Crippen LogP contribution in [0.1, 0.15) is 30.7 Å². The lowest BCUT2D eigenvalue weighted by Gasteiger charge is -2.25. The van der Waals surface area contributed by atoms with Crippen molar-refractivity contribution in [2.75, 3.05) is 26.2 Å². The van der Waals surface area contributed by atoms with E-state index in [1.165, 1.54) is 17.7 Å². The van der Waals surface area contributed by atoms with E-state index < -0.39 is 0 Å². The van der Waals surface area contributed by atoms with Crippen molar-refractivity contribution < 1.29 is 0 Å². The number of halogens is 1. The fourth-order valence-corrected chi connectivity index (χ4v) is 3.25. The summed E-state index contributed by atoms with van der Waals surface area (Å²) in [5, 5.41) is 5.22. The largest absolute Gasteiger partial charge is 0.370 e. The molecule has 4 nitrogen and oxygen atoms in total. The second-order valence-electron chi connectivity index (χ2n) is 5.31. The quantitative estimate of drug-likeness (QED) is 0.322. The fourth-order valence-electron chi connectivity index (χ4n) is 2.40. The van der Waals surface area contributed by atoms with Crippen molar-refractivity contribution in [1.82, 2.24) is 10.2 Å². The molecule has 1 aromatic heterocycles. The monoisotopic (exact) mass is 420 g/mol. The van der Waals surface area contributed by atoms with Crippen LogP contribution in [-0.2, 0) is 0 Å². The Balaban J connectivity index is 0.00000220. The molecule has 0 aliphatic carbocycles. The second-order valence-corrected chi connectivity index (χ2v) is 6.29. The van der Waals surface area contributed by atoms with E-state index in [2.05, 4.69) is 39.3 Å². The lowest BCUT2D eigenvalue weighted by Crippen LogP contribution is -2.34. The molecule has 2 heterocycles. The molecule has 0 bridgehead atoms. The summed E-state index contributed by atoms with van der Waals surface area (Å²) in [4.78, 5) is 8.40. The Labute approximate surface area is 148 Å². The molecule has 21 heavy (non-hydrogen) atoms. The van der Waals surface area contributed by atoms with Crippen LogP contribution in [0.5, 0.6) is 0 Å². The zero-order valence-corrected chi connectivity index (χ0v) is 15.7. The maximum absolute atomic E-state index is 5.91. The molecule has 0 aromatic carbocycles. The van der Waals surface area contributed by atoms with Gasteiger partial charge in [-0.15, -0.1) is 35.3 Å². The second kappa shape index (κ2) is 9.42. The third-order valence-electron chi connectivity index (χ3n) is 3.46. The Morgan fingerprint density at radius 2 is 2.24 bits per heavy atom. The maximum atomic E-state index is 5.91. The Morgan fingerprint density at radius 3 is 2.81 bits per heavy atom. The van der Waals surface area contributed by atoms with E-state index in [4.69, 9.17) is 5.73 Å². The Morgan fingerprint density at radius 1 is 1.52 bits per heavy atom. The van der Waals surface area contributed by atoms with Crippen LogP contribution >= 0.6 is 35.3 Å². The standard InChI is InChI=1S/C15H24N4S.HI/c1-12(2)10-17-15(16)18-11-13(14-6-5-9-20-14)19-7-3-4-8-19;/h5-6,9,13H,1,3-4,7-8,10-11H2,2H3,(H3,16,17,18);1H. The first-order valence-electron chi connectivity index (χ1n) is 7.12. The van der Waals surface area contributed by atoms with Gasteiger partial charge in [0.25, 0.3) is 0 Å². The Bertz CT molecular complexity index is 452. The molecule has 6 heteroatoms. The third-order valence-corrected chi connectivity index (χ3v) is 4.43. The molecule has 1 atom stereocenters. The average Bonchev–Trinajstić information content (AvgIpc) is 3.09. The van der Waals surface area contributed by atoms with Gasteiger partial charge in [0.2, 0.25) is 0 Å². The number of thiophene rings is 1. The van der Waals surface area contributed by atoms with Crippen molar-refractivity contribution in [1.29, 1.82) is 0 Å². The van der Waals surface area contributed by atoms with Crippen LogP contribution in [0.3, 0.4) is 0 Å². The number of nitrogens with zero attached hydrogens (tertiary/aromatic N) is 2. The molecule has 0 spiro atoms. The van der Waals surface area contributed by atoms with Crippen LogP contribution in [0.2, 0.25) is 0 Å². The Kier molecular flexibility index (Phi) is 8.28. The summed E-state index contributed by atoms with van der Waals surface area (Å²) < 4.78 is 0. The number of nitrogens with one attached hydrogen (secondary N) is 1. The zero-order valence-electron chi connectivity index (χ0n) is 12.5. The fraction of sp³-hybridized carbons (Fsp3) is 0.533. The number of hydrogen-bond acceptors (Lipinski definition) is 3. The number of likely N-dealkylation sites (tertiary alicyclic amines) is 1. The first-order valence-corrected chi connectivity index (χ1v) is 8.00. The summed E-state index contributed by atoms with van der Waals surface area (Å²) >= 11 is 1.80. The van der Waals surface area contributed by atoms with Gasteiger partial charge in [-0.2, -0.15) is 0 Å². The van der Waals surface area contributed by atoms with Gasteiger partial charge in [0, 0.05) is 11.4 Å². The number of nitrogens with two attached hydrogens (primary N) is 1. The predicted octanol–water partition coefficient (Wildman–Crippen LogP) is 2.98.